The average molecular weight is 416 g/mol. The van der Waals surface area contributed by atoms with E-state index in [1.807, 2.05) is 78.6 Å². The number of rotatable bonds is 7. The molecule has 1 amide bonds. The molecule has 0 fully saturated rings. The molecule has 0 atom stereocenters. The zero-order valence-electron chi connectivity index (χ0n) is 16.5. The molecule has 2 heterocycles. The van der Waals surface area contributed by atoms with Crippen LogP contribution >= 0.6 is 11.8 Å². The first-order valence-electron chi connectivity index (χ1n) is 9.55. The molecule has 0 aliphatic carbocycles. The van der Waals surface area contributed by atoms with Crippen LogP contribution < -0.4 is 4.90 Å². The number of aromatic nitrogens is 4. The molecule has 0 radical (unpaired) electrons. The van der Waals surface area contributed by atoms with E-state index >= 15 is 0 Å². The Hall–Kier alpha value is -3.45. The summed E-state index contributed by atoms with van der Waals surface area (Å²) in [6, 6.07) is 21.7. The number of thioether (sulfide) groups is 1. The van der Waals surface area contributed by atoms with Gasteiger partial charge < -0.3 is 4.90 Å². The van der Waals surface area contributed by atoms with Gasteiger partial charge in [-0.15, -0.1) is 5.10 Å². The largest absolute Gasteiger partial charge is 0.307 e. The van der Waals surface area contributed by atoms with Gasteiger partial charge in [-0.1, -0.05) is 54.2 Å². The normalized spacial score (nSPS) is 10.7. The molecule has 0 aliphatic rings. The maximum Gasteiger partial charge on any atom is 0.237 e. The van der Waals surface area contributed by atoms with Crippen LogP contribution in [0.5, 0.6) is 0 Å². The molecule has 0 aliphatic heterocycles. The third-order valence-electron chi connectivity index (χ3n) is 4.54. The molecule has 150 valence electrons. The molecular formula is C23H21N5OS. The lowest BCUT2D eigenvalue weighted by atomic mass is 10.1. The number of carbonyl (C=O) groups is 1. The molecule has 6 nitrogen and oxygen atoms in total. The van der Waals surface area contributed by atoms with Gasteiger partial charge in [0.05, 0.1) is 12.3 Å². The van der Waals surface area contributed by atoms with Crippen LogP contribution in [0.25, 0.3) is 11.4 Å². The average Bonchev–Trinajstić information content (AvgIpc) is 3.26. The maximum absolute atomic E-state index is 13.1. The fraction of sp³-hybridized carbons (Fsp3) is 0.130. The number of hydrogen-bond acceptors (Lipinski definition) is 5. The van der Waals surface area contributed by atoms with Gasteiger partial charge in [0, 0.05) is 23.6 Å². The first-order valence-corrected chi connectivity index (χ1v) is 10.5. The molecule has 0 saturated carbocycles. The quantitative estimate of drug-likeness (QED) is 0.450. The zero-order valence-corrected chi connectivity index (χ0v) is 17.3. The highest BCUT2D eigenvalue weighted by Crippen LogP contribution is 2.23. The van der Waals surface area contributed by atoms with E-state index in [9.17, 15) is 4.79 Å². The van der Waals surface area contributed by atoms with E-state index < -0.39 is 0 Å². The van der Waals surface area contributed by atoms with Crippen LogP contribution in [0.1, 0.15) is 11.1 Å². The summed E-state index contributed by atoms with van der Waals surface area (Å²) in [5.41, 5.74) is 3.98. The Kier molecular flexibility index (Phi) is 6.20. The summed E-state index contributed by atoms with van der Waals surface area (Å²) in [7, 11) is 0. The number of amides is 1. The zero-order chi connectivity index (χ0) is 20.8. The van der Waals surface area contributed by atoms with Crippen LogP contribution in [-0.2, 0) is 11.3 Å². The lowest BCUT2D eigenvalue weighted by Gasteiger charge is -2.23. The van der Waals surface area contributed by atoms with Crippen molar-refractivity contribution in [1.29, 1.82) is 0 Å². The van der Waals surface area contributed by atoms with Crippen LogP contribution in [-0.4, -0.2) is 31.8 Å². The second kappa shape index (κ2) is 9.37. The summed E-state index contributed by atoms with van der Waals surface area (Å²) < 4.78 is 0. The molecule has 1 N–H and O–H groups in total. The van der Waals surface area contributed by atoms with Crippen LogP contribution in [0.3, 0.4) is 0 Å². The number of aryl methyl sites for hydroxylation is 1. The Morgan fingerprint density at radius 3 is 2.60 bits per heavy atom. The molecule has 0 bridgehead atoms. The summed E-state index contributed by atoms with van der Waals surface area (Å²) >= 11 is 1.32. The number of carbonyl (C=O) groups excluding carboxylic acids is 1. The number of hydrogen-bond donors (Lipinski definition) is 1. The summed E-state index contributed by atoms with van der Waals surface area (Å²) in [5, 5.41) is 7.69. The number of benzene rings is 2. The van der Waals surface area contributed by atoms with Crippen molar-refractivity contribution in [2.75, 3.05) is 10.7 Å². The van der Waals surface area contributed by atoms with Crippen LogP contribution in [0, 0.1) is 6.92 Å². The highest BCUT2D eigenvalue weighted by atomic mass is 32.2. The van der Waals surface area contributed by atoms with Gasteiger partial charge in [0.15, 0.2) is 5.82 Å². The second-order valence-corrected chi connectivity index (χ2v) is 7.74. The summed E-state index contributed by atoms with van der Waals surface area (Å²) in [5.74, 6) is 0.908. The highest BCUT2D eigenvalue weighted by molar-refractivity contribution is 7.99. The minimum absolute atomic E-state index is 0.00436. The Morgan fingerprint density at radius 1 is 1.03 bits per heavy atom. The highest BCUT2D eigenvalue weighted by Gasteiger charge is 2.18. The Balaban J connectivity index is 1.48. The van der Waals surface area contributed by atoms with Gasteiger partial charge in [0.25, 0.3) is 0 Å². The van der Waals surface area contributed by atoms with Gasteiger partial charge in [-0.05, 0) is 42.3 Å². The molecule has 0 saturated heterocycles. The van der Waals surface area contributed by atoms with Crippen molar-refractivity contribution in [3.63, 3.8) is 0 Å². The van der Waals surface area contributed by atoms with Crippen molar-refractivity contribution >= 4 is 23.4 Å². The van der Waals surface area contributed by atoms with E-state index in [1.54, 1.807) is 12.4 Å². The number of nitrogens with one attached hydrogen (secondary N) is 1. The van der Waals surface area contributed by atoms with Crippen LogP contribution in [0.4, 0.5) is 5.69 Å². The monoisotopic (exact) mass is 415 g/mol. The van der Waals surface area contributed by atoms with E-state index in [1.165, 1.54) is 11.8 Å². The van der Waals surface area contributed by atoms with Crippen LogP contribution in [0.2, 0.25) is 0 Å². The number of aromatic amines is 1. The Labute approximate surface area is 179 Å². The predicted molar refractivity (Wildman–Crippen MR) is 119 cm³/mol. The van der Waals surface area contributed by atoms with Crippen LogP contribution in [0.15, 0.2) is 84.3 Å². The fourth-order valence-electron chi connectivity index (χ4n) is 3.04. The molecular weight excluding hydrogens is 394 g/mol. The number of anilines is 1. The predicted octanol–water partition coefficient (Wildman–Crippen LogP) is 4.50. The van der Waals surface area contributed by atoms with Crippen molar-refractivity contribution < 1.29 is 4.79 Å². The van der Waals surface area contributed by atoms with E-state index in [4.69, 9.17) is 0 Å². The van der Waals surface area contributed by atoms with E-state index in [0.717, 1.165) is 22.4 Å². The first kappa shape index (κ1) is 19.8. The van der Waals surface area contributed by atoms with Crippen molar-refractivity contribution in [2.24, 2.45) is 0 Å². The lowest BCUT2D eigenvalue weighted by molar-refractivity contribution is -0.116. The van der Waals surface area contributed by atoms with E-state index in [-0.39, 0.29) is 11.7 Å². The molecule has 4 aromatic rings. The Morgan fingerprint density at radius 2 is 1.83 bits per heavy atom. The fourth-order valence-corrected chi connectivity index (χ4v) is 3.71. The second-order valence-electron chi connectivity index (χ2n) is 6.80. The van der Waals surface area contributed by atoms with Crippen molar-refractivity contribution in [3.05, 3.63) is 90.3 Å². The van der Waals surface area contributed by atoms with Gasteiger partial charge in [0.2, 0.25) is 11.1 Å². The third kappa shape index (κ3) is 4.93. The molecule has 2 aromatic heterocycles. The minimum atomic E-state index is 0.00436. The van der Waals surface area contributed by atoms with E-state index in [0.29, 0.717) is 17.5 Å². The van der Waals surface area contributed by atoms with Gasteiger partial charge >= 0.3 is 0 Å². The van der Waals surface area contributed by atoms with Gasteiger partial charge in [0.1, 0.15) is 0 Å². The SMILES string of the molecule is Cc1cccc(N(Cc2ccccc2)C(=O)CSc2n[nH]c(-c3ccncc3)n2)c1. The summed E-state index contributed by atoms with van der Waals surface area (Å²) in [6.07, 6.45) is 3.41. The topological polar surface area (TPSA) is 74.8 Å². The molecule has 2 aromatic carbocycles. The van der Waals surface area contributed by atoms with Crippen molar-refractivity contribution in [2.45, 2.75) is 18.6 Å². The minimum Gasteiger partial charge on any atom is -0.307 e. The third-order valence-corrected chi connectivity index (χ3v) is 5.37. The summed E-state index contributed by atoms with van der Waals surface area (Å²) in [6.45, 7) is 2.54. The standard InChI is InChI=1S/C23H21N5OS/c1-17-6-5-9-20(14-17)28(15-18-7-3-2-4-8-18)21(29)16-30-23-25-22(26-27-23)19-10-12-24-13-11-19/h2-14H,15-16H2,1H3,(H,25,26,27). The first-order chi connectivity index (χ1) is 14.7. The summed E-state index contributed by atoms with van der Waals surface area (Å²) in [4.78, 5) is 23.4. The molecule has 7 heteroatoms. The van der Waals surface area contributed by atoms with E-state index in [2.05, 4.69) is 20.2 Å². The van der Waals surface area contributed by atoms with Gasteiger partial charge in [-0.25, -0.2) is 4.98 Å². The Bertz CT molecular complexity index is 1110. The number of H-pyrrole nitrogens is 1. The van der Waals surface area contributed by atoms with Gasteiger partial charge in [-0.3, -0.25) is 14.9 Å². The van der Waals surface area contributed by atoms with Gasteiger partial charge in [-0.2, -0.15) is 0 Å². The number of nitrogens with zero attached hydrogens (tertiary/aromatic N) is 4. The molecule has 0 spiro atoms. The molecule has 0 unspecified atom stereocenters. The lowest BCUT2D eigenvalue weighted by Crippen LogP contribution is -2.32. The van der Waals surface area contributed by atoms with Crippen molar-refractivity contribution in [1.82, 2.24) is 20.2 Å². The smallest absolute Gasteiger partial charge is 0.237 e. The molecule has 4 rings (SSSR count). The van der Waals surface area contributed by atoms with Crippen molar-refractivity contribution in [3.8, 4) is 11.4 Å². The maximum atomic E-state index is 13.1. The number of pyridine rings is 1. The molecule has 30 heavy (non-hydrogen) atoms.